The fourth-order valence-electron chi connectivity index (χ4n) is 2.21. The number of hydrogen-bond donors (Lipinski definition) is 2. The third-order valence-electron chi connectivity index (χ3n) is 3.64. The number of rotatable bonds is 6. The molecule has 0 bridgehead atoms. The van der Waals surface area contributed by atoms with Crippen LogP contribution in [0.3, 0.4) is 0 Å². The first-order valence-electron chi connectivity index (χ1n) is 7.55. The van der Waals surface area contributed by atoms with Crippen molar-refractivity contribution in [3.8, 4) is 11.5 Å². The zero-order valence-corrected chi connectivity index (χ0v) is 16.7. The van der Waals surface area contributed by atoms with Crippen LogP contribution in [0.25, 0.3) is 0 Å². The number of hydrogen-bond acceptors (Lipinski definition) is 4. The molecule has 0 aliphatic carbocycles. The van der Waals surface area contributed by atoms with Crippen LogP contribution in [0.2, 0.25) is 0 Å². The van der Waals surface area contributed by atoms with E-state index in [-0.39, 0.29) is 18.3 Å². The Hall–Kier alpha value is -1.76. The number of ether oxygens (including phenoxy) is 2. The van der Waals surface area contributed by atoms with Crippen LogP contribution in [-0.2, 0) is 10.3 Å². The van der Waals surface area contributed by atoms with Gasteiger partial charge in [0.2, 0.25) is 5.91 Å². The quantitative estimate of drug-likeness (QED) is 0.725. The molecule has 0 saturated heterocycles. The highest BCUT2D eigenvalue weighted by molar-refractivity contribution is 9.10. The summed E-state index contributed by atoms with van der Waals surface area (Å²) in [6.45, 7) is 4.06. The number of benzene rings is 2. The minimum Gasteiger partial charge on any atom is -0.493 e. The molecule has 136 valence electrons. The van der Waals surface area contributed by atoms with Crippen LogP contribution in [0, 0.1) is 0 Å². The van der Waals surface area contributed by atoms with Gasteiger partial charge in [-0.1, -0.05) is 28.1 Å². The van der Waals surface area contributed by atoms with E-state index in [0.717, 1.165) is 10.0 Å². The van der Waals surface area contributed by atoms with E-state index in [2.05, 4.69) is 21.2 Å². The average molecular weight is 430 g/mol. The van der Waals surface area contributed by atoms with E-state index < -0.39 is 5.54 Å². The number of carbonyl (C=O) groups is 1. The number of halogens is 2. The maximum absolute atomic E-state index is 12.6. The van der Waals surface area contributed by atoms with Crippen LogP contribution in [0.4, 0.5) is 5.69 Å². The van der Waals surface area contributed by atoms with Crippen LogP contribution in [0.5, 0.6) is 11.5 Å². The normalized spacial score (nSPS) is 12.5. The smallest absolute Gasteiger partial charge is 0.248 e. The van der Waals surface area contributed by atoms with Crippen molar-refractivity contribution < 1.29 is 14.3 Å². The molecule has 0 aromatic heterocycles. The van der Waals surface area contributed by atoms with Gasteiger partial charge in [-0.25, -0.2) is 0 Å². The summed E-state index contributed by atoms with van der Waals surface area (Å²) in [7, 11) is 1.57. The molecule has 2 aromatic carbocycles. The van der Waals surface area contributed by atoms with Crippen molar-refractivity contribution in [2.24, 2.45) is 5.73 Å². The Morgan fingerprint density at radius 1 is 1.20 bits per heavy atom. The molecule has 1 unspecified atom stereocenters. The molecule has 0 radical (unpaired) electrons. The van der Waals surface area contributed by atoms with E-state index in [1.165, 1.54) is 0 Å². The summed E-state index contributed by atoms with van der Waals surface area (Å²) in [5.74, 6) is 0.871. The summed E-state index contributed by atoms with van der Waals surface area (Å²) in [5, 5.41) is 2.83. The maximum Gasteiger partial charge on any atom is 0.248 e. The van der Waals surface area contributed by atoms with Crippen LogP contribution in [0.15, 0.2) is 46.9 Å². The topological polar surface area (TPSA) is 73.6 Å². The summed E-state index contributed by atoms with van der Waals surface area (Å²) in [4.78, 5) is 12.6. The molecule has 1 atom stereocenters. The Morgan fingerprint density at radius 2 is 1.84 bits per heavy atom. The van der Waals surface area contributed by atoms with Crippen LogP contribution in [-0.4, -0.2) is 19.6 Å². The van der Waals surface area contributed by atoms with Crippen molar-refractivity contribution in [3.05, 3.63) is 52.5 Å². The lowest BCUT2D eigenvalue weighted by Gasteiger charge is -2.24. The third-order valence-corrected chi connectivity index (χ3v) is 4.17. The van der Waals surface area contributed by atoms with Gasteiger partial charge in [-0.2, -0.15) is 0 Å². The predicted molar refractivity (Wildman–Crippen MR) is 106 cm³/mol. The minimum absolute atomic E-state index is 0. The Morgan fingerprint density at radius 3 is 2.40 bits per heavy atom. The number of methoxy groups -OCH3 is 1. The van der Waals surface area contributed by atoms with E-state index >= 15 is 0 Å². The van der Waals surface area contributed by atoms with E-state index in [9.17, 15) is 4.79 Å². The summed E-state index contributed by atoms with van der Waals surface area (Å²) in [6, 6.07) is 12.6. The molecule has 0 fully saturated rings. The van der Waals surface area contributed by atoms with Crippen molar-refractivity contribution in [2.75, 3.05) is 19.0 Å². The van der Waals surface area contributed by atoms with Gasteiger partial charge in [0.25, 0.3) is 0 Å². The molecular weight excluding hydrogens is 408 g/mol. The van der Waals surface area contributed by atoms with Gasteiger partial charge < -0.3 is 20.5 Å². The van der Waals surface area contributed by atoms with Crippen molar-refractivity contribution in [3.63, 3.8) is 0 Å². The van der Waals surface area contributed by atoms with E-state index in [0.29, 0.717) is 23.8 Å². The summed E-state index contributed by atoms with van der Waals surface area (Å²) in [6.07, 6.45) is 0. The monoisotopic (exact) mass is 428 g/mol. The number of nitrogens with one attached hydrogen (secondary N) is 1. The van der Waals surface area contributed by atoms with Crippen molar-refractivity contribution in [2.45, 2.75) is 19.4 Å². The minimum atomic E-state index is -1.16. The molecule has 1 amide bonds. The molecule has 5 nitrogen and oxygen atoms in total. The average Bonchev–Trinajstić information content (AvgIpc) is 2.56. The van der Waals surface area contributed by atoms with E-state index in [4.69, 9.17) is 15.2 Å². The van der Waals surface area contributed by atoms with Crippen LogP contribution < -0.4 is 20.5 Å². The number of amides is 1. The van der Waals surface area contributed by atoms with Crippen molar-refractivity contribution in [1.82, 2.24) is 0 Å². The Labute approximate surface area is 162 Å². The SMILES string of the molecule is CCOc1cc(NC(=O)C(C)(N)c2ccc(Br)cc2)ccc1OC.Cl. The standard InChI is InChI=1S/C18H21BrN2O3.ClH/c1-4-24-16-11-14(9-10-15(16)23-3)21-17(22)18(2,20)12-5-7-13(19)8-6-12;/h5-11H,4,20H2,1-3H3,(H,21,22);1H. The molecule has 2 rings (SSSR count). The number of nitrogens with two attached hydrogens (primary N) is 1. The summed E-state index contributed by atoms with van der Waals surface area (Å²) >= 11 is 3.37. The molecule has 25 heavy (non-hydrogen) atoms. The molecule has 7 heteroatoms. The fraction of sp³-hybridized carbons (Fsp3) is 0.278. The lowest BCUT2D eigenvalue weighted by molar-refractivity contribution is -0.120. The van der Waals surface area contributed by atoms with E-state index in [1.54, 1.807) is 32.2 Å². The van der Waals surface area contributed by atoms with E-state index in [1.807, 2.05) is 31.2 Å². The molecule has 0 aliphatic heterocycles. The second kappa shape index (κ2) is 9.08. The van der Waals surface area contributed by atoms with Crippen LogP contribution >= 0.6 is 28.3 Å². The largest absolute Gasteiger partial charge is 0.493 e. The maximum atomic E-state index is 12.6. The highest BCUT2D eigenvalue weighted by atomic mass is 79.9. The molecule has 3 N–H and O–H groups in total. The van der Waals surface area contributed by atoms with Crippen molar-refractivity contribution >= 4 is 39.9 Å². The first-order valence-corrected chi connectivity index (χ1v) is 8.35. The lowest BCUT2D eigenvalue weighted by atomic mass is 9.92. The predicted octanol–water partition coefficient (Wildman–Crippen LogP) is 4.09. The van der Waals surface area contributed by atoms with Gasteiger partial charge in [-0.15, -0.1) is 12.4 Å². The highest BCUT2D eigenvalue weighted by Gasteiger charge is 2.30. The molecule has 0 aliphatic rings. The first kappa shape index (κ1) is 21.3. The Bertz CT molecular complexity index is 721. The van der Waals surface area contributed by atoms with Gasteiger partial charge in [0, 0.05) is 16.2 Å². The second-order valence-corrected chi connectivity index (χ2v) is 6.38. The molecule has 0 heterocycles. The molecule has 2 aromatic rings. The lowest BCUT2D eigenvalue weighted by Crippen LogP contribution is -2.45. The van der Waals surface area contributed by atoms with Crippen LogP contribution in [0.1, 0.15) is 19.4 Å². The third kappa shape index (κ3) is 5.11. The fourth-order valence-corrected chi connectivity index (χ4v) is 2.48. The van der Waals surface area contributed by atoms with Gasteiger partial charge >= 0.3 is 0 Å². The summed E-state index contributed by atoms with van der Waals surface area (Å²) < 4.78 is 11.7. The van der Waals surface area contributed by atoms with Gasteiger partial charge in [-0.05, 0) is 43.7 Å². The number of anilines is 1. The Kier molecular flexibility index (Phi) is 7.73. The Balaban J connectivity index is 0.00000312. The first-order chi connectivity index (χ1) is 11.4. The van der Waals surface area contributed by atoms with Gasteiger partial charge in [0.1, 0.15) is 5.54 Å². The molecule has 0 saturated carbocycles. The second-order valence-electron chi connectivity index (χ2n) is 5.46. The molecular formula is C18H22BrClN2O3. The molecule has 0 spiro atoms. The van der Waals surface area contributed by atoms with Crippen molar-refractivity contribution in [1.29, 1.82) is 0 Å². The van der Waals surface area contributed by atoms with Gasteiger partial charge in [0.15, 0.2) is 11.5 Å². The van der Waals surface area contributed by atoms with Gasteiger partial charge in [-0.3, -0.25) is 4.79 Å². The zero-order chi connectivity index (χ0) is 17.7. The van der Waals surface area contributed by atoms with Gasteiger partial charge in [0.05, 0.1) is 13.7 Å². The summed E-state index contributed by atoms with van der Waals surface area (Å²) in [5.41, 5.74) is 6.41. The number of carbonyl (C=O) groups excluding carboxylic acids is 1. The highest BCUT2D eigenvalue weighted by Crippen LogP contribution is 2.31. The zero-order valence-electron chi connectivity index (χ0n) is 14.3.